The summed E-state index contributed by atoms with van der Waals surface area (Å²) in [5.41, 5.74) is 2.08. The third-order valence-corrected chi connectivity index (χ3v) is 16.7. The van der Waals surface area contributed by atoms with Gasteiger partial charge < -0.3 is 33.9 Å². The number of anilines is 2. The molecule has 0 amide bonds. The lowest BCUT2D eigenvalue weighted by Crippen LogP contribution is -2.17. The van der Waals surface area contributed by atoms with Crippen molar-refractivity contribution in [3.8, 4) is 28.7 Å². The van der Waals surface area contributed by atoms with Gasteiger partial charge in [-0.15, -0.1) is 24.5 Å². The number of ether oxygens (including phenoxy) is 5. The van der Waals surface area contributed by atoms with E-state index in [0.29, 0.717) is 47.2 Å². The SMILES string of the molecule is O=C(O)CCc1ccccc1OCCOc1ccc(NS(=O)(=O)c2ccc(OC(F)(F)F)cc2)cc1.O=C(O)CCc1ccccc1OCCOc1ccc(NS(=O)(=O)c2ccc(S(=O)(=O)c3ccccc3)s2)cc1. The van der Waals surface area contributed by atoms with Crippen molar-refractivity contribution in [1.29, 1.82) is 0 Å². The van der Waals surface area contributed by atoms with Crippen LogP contribution in [0, 0.1) is 0 Å². The van der Waals surface area contributed by atoms with Gasteiger partial charge in [-0.05, 0) is 133 Å². The number of sulfone groups is 1. The van der Waals surface area contributed by atoms with Crippen molar-refractivity contribution < 1.29 is 81.9 Å². The lowest BCUT2D eigenvalue weighted by Gasteiger charge is -2.13. The number of rotatable bonds is 25. The molecule has 0 bridgehead atoms. The average Bonchev–Trinajstić information content (AvgIpc) is 3.90. The van der Waals surface area contributed by atoms with E-state index in [9.17, 15) is 48.0 Å². The van der Waals surface area contributed by atoms with Gasteiger partial charge in [0.25, 0.3) is 20.0 Å². The normalized spacial score (nSPS) is 11.6. The van der Waals surface area contributed by atoms with Gasteiger partial charge in [-0.1, -0.05) is 54.6 Å². The first kappa shape index (κ1) is 56.5. The molecule has 75 heavy (non-hydrogen) atoms. The molecule has 7 rings (SSSR count). The number of hydrogen-bond acceptors (Lipinski definition) is 14. The predicted octanol–water partition coefficient (Wildman–Crippen LogP) is 9.72. The van der Waals surface area contributed by atoms with Gasteiger partial charge in [0.1, 0.15) is 63.6 Å². The lowest BCUT2D eigenvalue weighted by atomic mass is 10.1. The topological polar surface area (TPSA) is 247 Å². The van der Waals surface area contributed by atoms with Crippen LogP contribution in [-0.2, 0) is 52.3 Å². The predicted molar refractivity (Wildman–Crippen MR) is 271 cm³/mol. The fourth-order valence-corrected chi connectivity index (χ4v) is 11.9. The minimum atomic E-state index is -4.87. The summed E-state index contributed by atoms with van der Waals surface area (Å²) in [4.78, 5) is 21.5. The van der Waals surface area contributed by atoms with E-state index in [1.54, 1.807) is 78.9 Å². The molecule has 0 aliphatic heterocycles. The largest absolute Gasteiger partial charge is 0.573 e. The van der Waals surface area contributed by atoms with Crippen LogP contribution in [0.4, 0.5) is 24.5 Å². The molecule has 0 saturated heterocycles. The zero-order chi connectivity index (χ0) is 54.1. The minimum Gasteiger partial charge on any atom is -0.490 e. The fraction of sp³-hybridized carbons (Fsp3) is 0.176. The number of aliphatic carboxylic acids is 2. The molecule has 0 atom stereocenters. The molecule has 0 fully saturated rings. The van der Waals surface area contributed by atoms with Crippen LogP contribution in [0.5, 0.6) is 28.7 Å². The summed E-state index contributed by atoms with van der Waals surface area (Å²) in [5, 5.41) is 17.7. The Labute approximate surface area is 434 Å². The number of carboxylic acids is 2. The Morgan fingerprint density at radius 1 is 0.467 bits per heavy atom. The number of para-hydroxylation sites is 2. The van der Waals surface area contributed by atoms with Crippen molar-refractivity contribution in [3.63, 3.8) is 0 Å². The number of aryl methyl sites for hydroxylation is 2. The first-order chi connectivity index (χ1) is 35.7. The molecular formula is C51H47F3N2O15S4. The molecule has 0 aliphatic carbocycles. The maximum atomic E-state index is 12.8. The van der Waals surface area contributed by atoms with Crippen molar-refractivity contribution in [2.75, 3.05) is 35.9 Å². The fourth-order valence-electron chi connectivity index (χ4n) is 6.59. The molecule has 4 N–H and O–H groups in total. The van der Waals surface area contributed by atoms with Gasteiger partial charge in [-0.25, -0.2) is 25.3 Å². The Balaban J connectivity index is 0.000000245. The average molecular weight is 1110 g/mol. The number of nitrogens with one attached hydrogen (secondary N) is 2. The Hall–Kier alpha value is -7.80. The van der Waals surface area contributed by atoms with Crippen molar-refractivity contribution in [2.24, 2.45) is 0 Å². The molecule has 17 nitrogen and oxygen atoms in total. The summed E-state index contributed by atoms with van der Waals surface area (Å²) < 4.78 is 144. The first-order valence-corrected chi connectivity index (χ1v) is 27.6. The highest BCUT2D eigenvalue weighted by Crippen LogP contribution is 2.32. The van der Waals surface area contributed by atoms with Crippen LogP contribution < -0.4 is 33.1 Å². The third kappa shape index (κ3) is 17.7. The van der Waals surface area contributed by atoms with E-state index >= 15 is 0 Å². The summed E-state index contributed by atoms with van der Waals surface area (Å²) in [6, 6.07) is 40.8. The number of carboxylic acid groups (broad SMARTS) is 2. The molecule has 0 spiro atoms. The number of halogens is 3. The van der Waals surface area contributed by atoms with E-state index in [2.05, 4.69) is 14.2 Å². The Bertz CT molecular complexity index is 3340. The van der Waals surface area contributed by atoms with Crippen molar-refractivity contribution in [1.82, 2.24) is 0 Å². The van der Waals surface area contributed by atoms with Crippen LogP contribution in [0.1, 0.15) is 24.0 Å². The summed E-state index contributed by atoms with van der Waals surface area (Å²) in [7, 11) is -11.9. The zero-order valence-electron chi connectivity index (χ0n) is 39.2. The number of sulfonamides is 2. The van der Waals surface area contributed by atoms with Gasteiger partial charge in [0, 0.05) is 24.2 Å². The number of carbonyl (C=O) groups is 2. The van der Waals surface area contributed by atoms with Gasteiger partial charge in [-0.2, -0.15) is 0 Å². The van der Waals surface area contributed by atoms with Crippen LogP contribution in [0.3, 0.4) is 0 Å². The van der Waals surface area contributed by atoms with Crippen LogP contribution in [0.25, 0.3) is 0 Å². The Morgan fingerprint density at radius 3 is 1.35 bits per heavy atom. The highest BCUT2D eigenvalue weighted by molar-refractivity contribution is 7.96. The number of hydrogen-bond donors (Lipinski definition) is 4. The molecule has 1 heterocycles. The summed E-state index contributed by atoms with van der Waals surface area (Å²) in [6.45, 7) is 0.828. The highest BCUT2D eigenvalue weighted by Gasteiger charge is 2.31. The van der Waals surface area contributed by atoms with Crippen LogP contribution in [0.15, 0.2) is 182 Å². The smallest absolute Gasteiger partial charge is 0.490 e. The summed E-state index contributed by atoms with van der Waals surface area (Å²) >= 11 is 0.675. The van der Waals surface area contributed by atoms with Gasteiger partial charge >= 0.3 is 18.3 Å². The van der Waals surface area contributed by atoms with Gasteiger partial charge in [0.05, 0.1) is 9.79 Å². The first-order valence-electron chi connectivity index (χ1n) is 22.3. The van der Waals surface area contributed by atoms with E-state index in [1.807, 2.05) is 12.1 Å². The molecular weight excluding hydrogens is 1070 g/mol. The number of thiophene rings is 1. The van der Waals surface area contributed by atoms with E-state index in [0.717, 1.165) is 35.4 Å². The minimum absolute atomic E-state index is 0.00735. The van der Waals surface area contributed by atoms with E-state index < -0.39 is 53.9 Å². The van der Waals surface area contributed by atoms with E-state index in [1.165, 1.54) is 48.5 Å². The van der Waals surface area contributed by atoms with Gasteiger partial charge in [0.15, 0.2) is 0 Å². The second-order valence-corrected chi connectivity index (χ2v) is 22.4. The third-order valence-electron chi connectivity index (χ3n) is 10.1. The van der Waals surface area contributed by atoms with Crippen LogP contribution >= 0.6 is 11.3 Å². The van der Waals surface area contributed by atoms with Gasteiger partial charge in [0.2, 0.25) is 9.84 Å². The molecule has 7 aromatic rings. The molecule has 0 aliphatic rings. The molecule has 396 valence electrons. The second kappa shape index (κ2) is 25.9. The molecule has 24 heteroatoms. The zero-order valence-corrected chi connectivity index (χ0v) is 42.5. The van der Waals surface area contributed by atoms with Crippen molar-refractivity contribution in [3.05, 3.63) is 175 Å². The maximum absolute atomic E-state index is 12.8. The quantitative estimate of drug-likeness (QED) is 0.0389. The lowest BCUT2D eigenvalue weighted by molar-refractivity contribution is -0.274. The van der Waals surface area contributed by atoms with E-state index in [-0.39, 0.29) is 68.9 Å². The summed E-state index contributed by atoms with van der Waals surface area (Å²) in [5.74, 6) is -0.189. The van der Waals surface area contributed by atoms with Gasteiger partial charge in [-0.3, -0.25) is 19.0 Å². The van der Waals surface area contributed by atoms with E-state index in [4.69, 9.17) is 29.2 Å². The number of benzene rings is 6. The molecule has 0 unspecified atom stereocenters. The highest BCUT2D eigenvalue weighted by atomic mass is 32.3. The van der Waals surface area contributed by atoms with Crippen LogP contribution in [0.2, 0.25) is 0 Å². The Kier molecular flexibility index (Phi) is 19.5. The monoisotopic (exact) mass is 1110 g/mol. The Morgan fingerprint density at radius 2 is 0.880 bits per heavy atom. The van der Waals surface area contributed by atoms with Crippen molar-refractivity contribution in [2.45, 2.75) is 50.3 Å². The van der Waals surface area contributed by atoms with Crippen LogP contribution in [-0.4, -0.2) is 80.2 Å². The molecule has 0 radical (unpaired) electrons. The molecule has 0 saturated carbocycles. The second-order valence-electron chi connectivity index (χ2n) is 15.6. The molecule has 6 aromatic carbocycles. The molecule has 1 aromatic heterocycles. The number of alkyl halides is 3. The van der Waals surface area contributed by atoms with Crippen molar-refractivity contribution >= 4 is 64.5 Å². The maximum Gasteiger partial charge on any atom is 0.573 e. The standard InChI is InChI=1S/C27H25NO8S3.C24H22F3NO7S/c29-25(30)15-10-20-6-4-5-9-24(20)36-19-18-35-22-13-11-21(12-14-22)28-39(33,34)27-17-16-26(37-27)38(31,32)23-7-2-1-3-8-23;25-24(26,27)35-20-10-12-21(13-11-20)36(31,32)28-18-6-8-19(9-7-18)33-15-16-34-22-4-2-1-3-17(22)5-14-23(29)30/h1-9,11-14,16-17,28H,10,15,18-19H2,(H,29,30);1-4,6-13,28H,5,14-16H2,(H,29,30). The summed E-state index contributed by atoms with van der Waals surface area (Å²) in [6.07, 6.45) is -4.17.